The molecule has 2 heterocycles. The summed E-state index contributed by atoms with van der Waals surface area (Å²) in [6, 6.07) is 0. The third kappa shape index (κ3) is 2.77. The quantitative estimate of drug-likeness (QED) is 0.805. The maximum absolute atomic E-state index is 12.1. The first-order chi connectivity index (χ1) is 8.36. The van der Waals surface area contributed by atoms with E-state index in [0.717, 1.165) is 10.5 Å². The smallest absolute Gasteiger partial charge is 0.334 e. The first kappa shape index (κ1) is 12.8. The van der Waals surface area contributed by atoms with Crippen molar-refractivity contribution in [2.75, 3.05) is 13.1 Å². The molecule has 1 aromatic heterocycles. The molecule has 1 saturated heterocycles. The van der Waals surface area contributed by atoms with Crippen LogP contribution in [0.5, 0.6) is 0 Å². The van der Waals surface area contributed by atoms with E-state index in [1.54, 1.807) is 19.3 Å². The van der Waals surface area contributed by atoms with Gasteiger partial charge < -0.3 is 4.90 Å². The van der Waals surface area contributed by atoms with Gasteiger partial charge in [0.1, 0.15) is 5.82 Å². The third-order valence-corrected chi connectivity index (χ3v) is 2.85. The lowest BCUT2D eigenvalue weighted by atomic mass is 9.93. The third-order valence-electron chi connectivity index (χ3n) is 2.85. The Bertz CT molecular complexity index is 438. The van der Waals surface area contributed by atoms with Crippen molar-refractivity contribution in [2.24, 2.45) is 5.92 Å². The van der Waals surface area contributed by atoms with Gasteiger partial charge in [0.25, 0.3) is 0 Å². The van der Waals surface area contributed by atoms with Crippen molar-refractivity contribution < 1.29 is 18.0 Å². The van der Waals surface area contributed by atoms with Crippen molar-refractivity contribution >= 4 is 5.91 Å². The molecule has 0 spiro atoms. The summed E-state index contributed by atoms with van der Waals surface area (Å²) in [6.45, 7) is 2.05. The Morgan fingerprint density at radius 2 is 1.94 bits per heavy atom. The highest BCUT2D eigenvalue weighted by atomic mass is 19.4. The molecule has 0 aromatic carbocycles. The van der Waals surface area contributed by atoms with Gasteiger partial charge >= 0.3 is 12.1 Å². The standard InChI is InChI=1S/C11H12F3N3O/c1-7-15-3-8(4-16-7)2-9-5-17(6-9)10(18)11(12,13)14/h3-4,9H,2,5-6H2,1H3. The Hall–Kier alpha value is -1.66. The zero-order valence-electron chi connectivity index (χ0n) is 9.74. The van der Waals surface area contributed by atoms with Gasteiger partial charge in [0.15, 0.2) is 0 Å². The van der Waals surface area contributed by atoms with Crippen LogP contribution in [0, 0.1) is 12.8 Å². The normalized spacial score (nSPS) is 16.6. The molecule has 1 fully saturated rings. The van der Waals surface area contributed by atoms with Crippen LogP contribution in [0.4, 0.5) is 13.2 Å². The van der Waals surface area contributed by atoms with Crippen molar-refractivity contribution in [1.29, 1.82) is 0 Å². The lowest BCUT2D eigenvalue weighted by Gasteiger charge is -2.39. The minimum atomic E-state index is -4.77. The zero-order valence-corrected chi connectivity index (χ0v) is 9.74. The molecule has 98 valence electrons. The van der Waals surface area contributed by atoms with Crippen molar-refractivity contribution in [1.82, 2.24) is 14.9 Å². The molecule has 1 aliphatic rings. The van der Waals surface area contributed by atoms with Gasteiger partial charge in [-0.2, -0.15) is 13.2 Å². The molecular formula is C11H12F3N3O. The fourth-order valence-electron chi connectivity index (χ4n) is 1.90. The maximum atomic E-state index is 12.1. The van der Waals surface area contributed by atoms with E-state index in [1.807, 2.05) is 0 Å². The molecule has 2 rings (SSSR count). The van der Waals surface area contributed by atoms with Crippen molar-refractivity contribution in [3.05, 3.63) is 23.8 Å². The largest absolute Gasteiger partial charge is 0.471 e. The number of hydrogen-bond acceptors (Lipinski definition) is 3. The van der Waals surface area contributed by atoms with Crippen LogP contribution >= 0.6 is 0 Å². The topological polar surface area (TPSA) is 46.1 Å². The Kier molecular flexibility index (Phi) is 3.23. The Labute approximate surface area is 102 Å². The summed E-state index contributed by atoms with van der Waals surface area (Å²) in [6.07, 6.45) is -0.840. The van der Waals surface area contributed by atoms with Crippen LogP contribution < -0.4 is 0 Å². The second-order valence-corrected chi connectivity index (χ2v) is 4.42. The molecule has 0 atom stereocenters. The van der Waals surface area contributed by atoms with Crippen molar-refractivity contribution in [3.8, 4) is 0 Å². The summed E-state index contributed by atoms with van der Waals surface area (Å²) in [7, 11) is 0. The van der Waals surface area contributed by atoms with Crippen LogP contribution in [0.15, 0.2) is 12.4 Å². The second-order valence-electron chi connectivity index (χ2n) is 4.42. The highest BCUT2D eigenvalue weighted by Crippen LogP contribution is 2.26. The number of alkyl halides is 3. The van der Waals surface area contributed by atoms with Gasteiger partial charge in [-0.15, -0.1) is 0 Å². The Balaban J connectivity index is 1.83. The average molecular weight is 259 g/mol. The number of aryl methyl sites for hydroxylation is 1. The SMILES string of the molecule is Cc1ncc(CC2CN(C(=O)C(F)(F)F)C2)cn1. The number of rotatable bonds is 2. The highest BCUT2D eigenvalue weighted by Gasteiger charge is 2.46. The molecule has 0 N–H and O–H groups in total. The van der Waals surface area contributed by atoms with Crippen LogP contribution in [-0.4, -0.2) is 40.0 Å². The number of aromatic nitrogens is 2. The first-order valence-corrected chi connectivity index (χ1v) is 5.50. The van der Waals surface area contributed by atoms with Gasteiger partial charge in [-0.1, -0.05) is 0 Å². The number of carbonyl (C=O) groups is 1. The predicted octanol–water partition coefficient (Wildman–Crippen LogP) is 1.35. The lowest BCUT2D eigenvalue weighted by molar-refractivity contribution is -0.191. The van der Waals surface area contributed by atoms with Crippen LogP contribution in [-0.2, 0) is 11.2 Å². The van der Waals surface area contributed by atoms with Crippen LogP contribution in [0.1, 0.15) is 11.4 Å². The number of amides is 1. The second kappa shape index (κ2) is 4.55. The molecular weight excluding hydrogens is 247 g/mol. The number of carbonyl (C=O) groups excluding carboxylic acids is 1. The highest BCUT2D eigenvalue weighted by molar-refractivity contribution is 5.82. The Morgan fingerprint density at radius 1 is 1.39 bits per heavy atom. The number of halogens is 3. The van der Waals surface area contributed by atoms with Crippen molar-refractivity contribution in [2.45, 2.75) is 19.5 Å². The van der Waals surface area contributed by atoms with Gasteiger partial charge in [-0.3, -0.25) is 4.79 Å². The molecule has 1 amide bonds. The van der Waals surface area contributed by atoms with E-state index >= 15 is 0 Å². The number of hydrogen-bond donors (Lipinski definition) is 0. The molecule has 1 aromatic rings. The number of likely N-dealkylation sites (tertiary alicyclic amines) is 1. The van der Waals surface area contributed by atoms with E-state index in [1.165, 1.54) is 0 Å². The fraction of sp³-hybridized carbons (Fsp3) is 0.545. The molecule has 18 heavy (non-hydrogen) atoms. The zero-order chi connectivity index (χ0) is 13.3. The molecule has 0 bridgehead atoms. The summed E-state index contributed by atoms with van der Waals surface area (Å²) >= 11 is 0. The average Bonchev–Trinajstić information content (AvgIpc) is 2.23. The van der Waals surface area contributed by atoms with E-state index in [2.05, 4.69) is 9.97 Å². The molecule has 0 unspecified atom stereocenters. The molecule has 0 radical (unpaired) electrons. The summed E-state index contributed by atoms with van der Waals surface area (Å²) < 4.78 is 36.3. The van der Waals surface area contributed by atoms with E-state index in [0.29, 0.717) is 12.2 Å². The minimum absolute atomic E-state index is 0.0580. The summed E-state index contributed by atoms with van der Waals surface area (Å²) in [5.41, 5.74) is 0.879. The molecule has 7 heteroatoms. The van der Waals surface area contributed by atoms with Gasteiger partial charge in [0.2, 0.25) is 0 Å². The van der Waals surface area contributed by atoms with Gasteiger partial charge in [0.05, 0.1) is 0 Å². The van der Waals surface area contributed by atoms with E-state index in [4.69, 9.17) is 0 Å². The van der Waals surface area contributed by atoms with E-state index in [9.17, 15) is 18.0 Å². The summed E-state index contributed by atoms with van der Waals surface area (Å²) in [4.78, 5) is 19.7. The first-order valence-electron chi connectivity index (χ1n) is 5.50. The minimum Gasteiger partial charge on any atom is -0.334 e. The van der Waals surface area contributed by atoms with Gasteiger partial charge in [-0.25, -0.2) is 9.97 Å². The van der Waals surface area contributed by atoms with E-state index < -0.39 is 12.1 Å². The van der Waals surface area contributed by atoms with Gasteiger partial charge in [-0.05, 0) is 24.8 Å². The van der Waals surface area contributed by atoms with Crippen LogP contribution in [0.3, 0.4) is 0 Å². The van der Waals surface area contributed by atoms with Crippen molar-refractivity contribution in [3.63, 3.8) is 0 Å². The van der Waals surface area contributed by atoms with Crippen LogP contribution in [0.25, 0.3) is 0 Å². The van der Waals surface area contributed by atoms with Crippen LogP contribution in [0.2, 0.25) is 0 Å². The number of nitrogens with zero attached hydrogens (tertiary/aromatic N) is 3. The molecule has 4 nitrogen and oxygen atoms in total. The predicted molar refractivity (Wildman–Crippen MR) is 56.6 cm³/mol. The summed E-state index contributed by atoms with van der Waals surface area (Å²) in [5.74, 6) is -1.04. The molecule has 1 aliphatic heterocycles. The Morgan fingerprint density at radius 3 is 2.44 bits per heavy atom. The molecule has 0 aliphatic carbocycles. The van der Waals surface area contributed by atoms with Gasteiger partial charge in [0, 0.05) is 25.5 Å². The molecule has 0 saturated carbocycles. The fourth-order valence-corrected chi connectivity index (χ4v) is 1.90. The summed E-state index contributed by atoms with van der Waals surface area (Å²) in [5, 5.41) is 0. The van der Waals surface area contributed by atoms with E-state index in [-0.39, 0.29) is 19.0 Å². The maximum Gasteiger partial charge on any atom is 0.471 e. The lowest BCUT2D eigenvalue weighted by Crippen LogP contribution is -2.54. The monoisotopic (exact) mass is 259 g/mol.